The molecule has 6 nitrogen and oxygen atoms in total. The number of nitrogens with one attached hydrogen (secondary N) is 1. The lowest BCUT2D eigenvalue weighted by Crippen LogP contribution is -2.44. The maximum absolute atomic E-state index is 10.2. The Morgan fingerprint density at radius 3 is 2.46 bits per heavy atom. The maximum atomic E-state index is 10.2. The molecule has 1 heterocycles. The van der Waals surface area contributed by atoms with Crippen LogP contribution in [0.1, 0.15) is 12.8 Å². The van der Waals surface area contributed by atoms with E-state index in [2.05, 4.69) is 4.74 Å². The Balaban J connectivity index is 2.30. The first kappa shape index (κ1) is 9.63. The molecule has 1 aliphatic heterocycles. The van der Waals surface area contributed by atoms with Crippen LogP contribution in [0.4, 0.5) is 4.79 Å². The van der Waals surface area contributed by atoms with E-state index in [0.29, 0.717) is 25.9 Å². The molecule has 0 aromatic heterocycles. The van der Waals surface area contributed by atoms with Crippen molar-refractivity contribution in [2.75, 3.05) is 13.1 Å². The molecule has 0 aliphatic carbocycles. The molecule has 1 fully saturated rings. The number of piperidine rings is 1. The fraction of sp³-hybridized carbons (Fsp3) is 0.714. The fourth-order valence-electron chi connectivity index (χ4n) is 1.36. The van der Waals surface area contributed by atoms with E-state index in [1.807, 2.05) is 0 Å². The third kappa shape index (κ3) is 2.81. The maximum Gasteiger partial charge on any atom is 0.506 e. The van der Waals surface area contributed by atoms with Gasteiger partial charge < -0.3 is 20.5 Å². The molecule has 0 unspecified atom stereocenters. The van der Waals surface area contributed by atoms with Crippen molar-refractivity contribution in [3.63, 3.8) is 0 Å². The van der Waals surface area contributed by atoms with Crippen LogP contribution in [0.15, 0.2) is 0 Å². The first-order valence-electron chi connectivity index (χ1n) is 4.08. The minimum absolute atomic E-state index is 0.0359. The second-order valence-corrected chi connectivity index (χ2v) is 2.96. The van der Waals surface area contributed by atoms with Crippen LogP contribution in [0.25, 0.3) is 0 Å². The van der Waals surface area contributed by atoms with Crippen LogP contribution in [0.3, 0.4) is 0 Å². The van der Waals surface area contributed by atoms with E-state index in [0.717, 1.165) is 0 Å². The summed E-state index contributed by atoms with van der Waals surface area (Å²) in [5, 5.41) is 15.5. The van der Waals surface area contributed by atoms with Gasteiger partial charge in [0.25, 0.3) is 0 Å². The van der Waals surface area contributed by atoms with Crippen LogP contribution in [0, 0.1) is 5.41 Å². The topological polar surface area (TPSA) is 99.6 Å². The number of ether oxygens (including phenoxy) is 1. The summed E-state index contributed by atoms with van der Waals surface area (Å²) in [6.45, 7) is 1.18. The highest BCUT2D eigenvalue weighted by atomic mass is 16.7. The van der Waals surface area contributed by atoms with E-state index in [1.54, 1.807) is 4.90 Å². The van der Waals surface area contributed by atoms with Crippen molar-refractivity contribution in [2.24, 2.45) is 5.73 Å². The number of nitrogens with two attached hydrogens (primary N) is 1. The van der Waals surface area contributed by atoms with Gasteiger partial charge in [-0.2, -0.15) is 0 Å². The van der Waals surface area contributed by atoms with Gasteiger partial charge in [-0.3, -0.25) is 5.41 Å². The van der Waals surface area contributed by atoms with Gasteiger partial charge in [0.05, 0.1) is 0 Å². The van der Waals surface area contributed by atoms with Gasteiger partial charge in [0.1, 0.15) is 6.10 Å². The molecular formula is C7H13N3O3. The first-order valence-corrected chi connectivity index (χ1v) is 4.08. The van der Waals surface area contributed by atoms with Crippen molar-refractivity contribution >= 4 is 12.1 Å². The molecule has 74 valence electrons. The Morgan fingerprint density at radius 1 is 1.54 bits per heavy atom. The zero-order chi connectivity index (χ0) is 9.84. The van der Waals surface area contributed by atoms with E-state index >= 15 is 0 Å². The summed E-state index contributed by atoms with van der Waals surface area (Å²) in [5.74, 6) is 0.0359. The molecule has 4 N–H and O–H groups in total. The molecule has 0 spiro atoms. The number of hydrogen-bond donors (Lipinski definition) is 3. The van der Waals surface area contributed by atoms with E-state index in [1.165, 1.54) is 0 Å². The van der Waals surface area contributed by atoms with Gasteiger partial charge in [-0.1, -0.05) is 0 Å². The number of carboxylic acid groups (broad SMARTS) is 1. The second kappa shape index (κ2) is 3.97. The van der Waals surface area contributed by atoms with Gasteiger partial charge in [0.2, 0.25) is 0 Å². The summed E-state index contributed by atoms with van der Waals surface area (Å²) in [5.41, 5.74) is 5.27. The zero-order valence-electron chi connectivity index (χ0n) is 7.19. The van der Waals surface area contributed by atoms with Crippen LogP contribution in [-0.4, -0.2) is 41.3 Å². The zero-order valence-corrected chi connectivity index (χ0v) is 7.19. The van der Waals surface area contributed by atoms with Crippen molar-refractivity contribution in [1.29, 1.82) is 5.41 Å². The number of rotatable bonds is 1. The van der Waals surface area contributed by atoms with Crippen molar-refractivity contribution in [2.45, 2.75) is 18.9 Å². The molecule has 0 bridgehead atoms. The normalized spacial score (nSPS) is 18.3. The predicted octanol–water partition coefficient (Wildman–Crippen LogP) is 0.0389. The Morgan fingerprint density at radius 2 is 2.08 bits per heavy atom. The highest BCUT2D eigenvalue weighted by molar-refractivity contribution is 5.74. The molecule has 1 rings (SSSR count). The van der Waals surface area contributed by atoms with Crippen LogP contribution < -0.4 is 5.73 Å². The van der Waals surface area contributed by atoms with Crippen molar-refractivity contribution in [3.8, 4) is 0 Å². The summed E-state index contributed by atoms with van der Waals surface area (Å²) in [6, 6.07) is 0. The molecule has 0 saturated carbocycles. The second-order valence-electron chi connectivity index (χ2n) is 2.96. The average molecular weight is 187 g/mol. The van der Waals surface area contributed by atoms with Crippen LogP contribution in [-0.2, 0) is 4.74 Å². The van der Waals surface area contributed by atoms with E-state index in [-0.39, 0.29) is 12.1 Å². The van der Waals surface area contributed by atoms with Gasteiger partial charge in [0, 0.05) is 25.9 Å². The largest absolute Gasteiger partial charge is 0.506 e. The lowest BCUT2D eigenvalue weighted by molar-refractivity contribution is 0.0290. The quantitative estimate of drug-likeness (QED) is 0.306. The number of likely N-dealkylation sites (tertiary alicyclic amines) is 1. The number of nitrogens with zero attached hydrogens (tertiary/aromatic N) is 1. The standard InChI is InChI=1S/C7H13N3O3/c8-6(9)10-3-1-5(2-4-10)13-7(11)12/h5H,1-4H2,(H3,8,9)(H,11,12). The molecule has 6 heteroatoms. The SMILES string of the molecule is N=C(N)N1CCC(OC(=O)O)CC1. The van der Waals surface area contributed by atoms with E-state index < -0.39 is 6.16 Å². The number of hydrogen-bond acceptors (Lipinski definition) is 3. The summed E-state index contributed by atoms with van der Waals surface area (Å²) in [4.78, 5) is 11.9. The van der Waals surface area contributed by atoms with Gasteiger partial charge in [-0.05, 0) is 0 Å². The third-order valence-corrected chi connectivity index (χ3v) is 2.05. The Labute approximate surface area is 75.8 Å². The number of carbonyl (C=O) groups is 1. The van der Waals surface area contributed by atoms with Gasteiger partial charge in [-0.15, -0.1) is 0 Å². The first-order chi connectivity index (χ1) is 6.09. The van der Waals surface area contributed by atoms with Crippen LogP contribution in [0.2, 0.25) is 0 Å². The van der Waals surface area contributed by atoms with Crippen LogP contribution >= 0.6 is 0 Å². The van der Waals surface area contributed by atoms with Crippen molar-refractivity contribution in [1.82, 2.24) is 4.90 Å². The average Bonchev–Trinajstić information content (AvgIpc) is 2.04. The molecule has 0 atom stereocenters. The summed E-state index contributed by atoms with van der Waals surface area (Å²) < 4.78 is 4.60. The smallest absolute Gasteiger partial charge is 0.450 e. The summed E-state index contributed by atoms with van der Waals surface area (Å²) in [6.07, 6.45) is -0.271. The third-order valence-electron chi connectivity index (χ3n) is 2.05. The van der Waals surface area contributed by atoms with Gasteiger partial charge >= 0.3 is 6.16 Å². The van der Waals surface area contributed by atoms with E-state index in [9.17, 15) is 4.79 Å². The minimum atomic E-state index is -1.23. The van der Waals surface area contributed by atoms with Gasteiger partial charge in [-0.25, -0.2) is 4.79 Å². The lowest BCUT2D eigenvalue weighted by atomic mass is 10.1. The monoisotopic (exact) mass is 187 g/mol. The fourth-order valence-corrected chi connectivity index (χ4v) is 1.36. The lowest BCUT2D eigenvalue weighted by Gasteiger charge is -2.30. The van der Waals surface area contributed by atoms with Crippen molar-refractivity contribution in [3.05, 3.63) is 0 Å². The molecule has 0 aromatic carbocycles. The molecular weight excluding hydrogens is 174 g/mol. The predicted molar refractivity (Wildman–Crippen MR) is 45.6 cm³/mol. The highest BCUT2D eigenvalue weighted by Crippen LogP contribution is 2.12. The van der Waals surface area contributed by atoms with Crippen LogP contribution in [0.5, 0.6) is 0 Å². The summed E-state index contributed by atoms with van der Waals surface area (Å²) >= 11 is 0. The Kier molecular flexibility index (Phi) is 2.94. The molecule has 0 amide bonds. The molecule has 13 heavy (non-hydrogen) atoms. The molecule has 0 aromatic rings. The minimum Gasteiger partial charge on any atom is -0.450 e. The molecule has 1 saturated heterocycles. The van der Waals surface area contributed by atoms with Crippen molar-refractivity contribution < 1.29 is 14.6 Å². The molecule has 1 aliphatic rings. The summed E-state index contributed by atoms with van der Waals surface area (Å²) in [7, 11) is 0. The Hall–Kier alpha value is -1.46. The molecule has 0 radical (unpaired) electrons. The van der Waals surface area contributed by atoms with Gasteiger partial charge in [0.15, 0.2) is 5.96 Å². The van der Waals surface area contributed by atoms with E-state index in [4.69, 9.17) is 16.2 Å². The highest BCUT2D eigenvalue weighted by Gasteiger charge is 2.22. The number of guanidine groups is 1. The Bertz CT molecular complexity index is 211.